The minimum Gasteiger partial charge on any atom is -0.497 e. The molecule has 0 aliphatic rings. The van der Waals surface area contributed by atoms with E-state index in [0.29, 0.717) is 0 Å². The van der Waals surface area contributed by atoms with Crippen molar-refractivity contribution in [1.82, 2.24) is 10.2 Å². The summed E-state index contributed by atoms with van der Waals surface area (Å²) in [6.45, 7) is 7.79. The van der Waals surface area contributed by atoms with E-state index in [0.717, 1.165) is 41.2 Å². The molecule has 124 valence electrons. The molecule has 0 fully saturated rings. The van der Waals surface area contributed by atoms with Crippen LogP contribution >= 0.6 is 0 Å². The summed E-state index contributed by atoms with van der Waals surface area (Å²) in [6, 6.07) is 7.67. The number of hydrogen-bond acceptors (Lipinski definition) is 3. The predicted octanol–water partition coefficient (Wildman–Crippen LogP) is 4.02. The molecule has 1 aromatic carbocycles. The molecule has 2 rings (SSSR count). The molecule has 0 unspecified atom stereocenters. The molecule has 23 heavy (non-hydrogen) atoms. The molecule has 0 saturated heterocycles. The van der Waals surface area contributed by atoms with Crippen LogP contribution in [0.3, 0.4) is 0 Å². The summed E-state index contributed by atoms with van der Waals surface area (Å²) in [5.74, 6) is 0.732. The maximum absolute atomic E-state index is 12.4. The number of amides is 1. The van der Waals surface area contributed by atoms with Crippen LogP contribution in [0, 0.1) is 5.41 Å². The van der Waals surface area contributed by atoms with Gasteiger partial charge >= 0.3 is 0 Å². The summed E-state index contributed by atoms with van der Waals surface area (Å²) < 4.78 is 5.28. The molecule has 1 amide bonds. The van der Waals surface area contributed by atoms with Crippen LogP contribution in [0.15, 0.2) is 24.3 Å². The standard InChI is InChI=1S/C18H25N3O2/c1-6-8-14-16(19-17(22)18(2,3)4)15(21-20-14)12-9-7-10-13(11-12)23-5/h7,9-11H,6,8H2,1-5H3,(H,19,22)(H,20,21). The van der Waals surface area contributed by atoms with Crippen molar-refractivity contribution in [2.45, 2.75) is 40.5 Å². The second-order valence-corrected chi connectivity index (χ2v) is 6.61. The zero-order chi connectivity index (χ0) is 17.0. The van der Waals surface area contributed by atoms with E-state index < -0.39 is 5.41 Å². The molecule has 0 spiro atoms. The van der Waals surface area contributed by atoms with Gasteiger partial charge in [0.25, 0.3) is 0 Å². The number of carbonyl (C=O) groups is 1. The van der Waals surface area contributed by atoms with E-state index >= 15 is 0 Å². The van der Waals surface area contributed by atoms with Gasteiger partial charge in [0.15, 0.2) is 0 Å². The minimum atomic E-state index is -0.466. The predicted molar refractivity (Wildman–Crippen MR) is 92.7 cm³/mol. The van der Waals surface area contributed by atoms with Crippen LogP contribution in [-0.4, -0.2) is 23.2 Å². The zero-order valence-corrected chi connectivity index (χ0v) is 14.5. The Bertz CT molecular complexity index is 684. The molecule has 5 nitrogen and oxygen atoms in total. The van der Waals surface area contributed by atoms with Gasteiger partial charge < -0.3 is 10.1 Å². The molecule has 1 heterocycles. The number of nitrogens with one attached hydrogen (secondary N) is 2. The normalized spacial score (nSPS) is 11.3. The van der Waals surface area contributed by atoms with Gasteiger partial charge in [0.1, 0.15) is 11.4 Å². The Morgan fingerprint density at radius 1 is 1.35 bits per heavy atom. The molecule has 0 saturated carbocycles. The first-order chi connectivity index (χ1) is 10.9. The van der Waals surface area contributed by atoms with Crippen molar-refractivity contribution in [3.05, 3.63) is 30.0 Å². The minimum absolute atomic E-state index is 0.0274. The van der Waals surface area contributed by atoms with E-state index in [-0.39, 0.29) is 5.91 Å². The van der Waals surface area contributed by atoms with Crippen LogP contribution in [-0.2, 0) is 11.2 Å². The Morgan fingerprint density at radius 3 is 2.70 bits per heavy atom. The summed E-state index contributed by atoms with van der Waals surface area (Å²) in [4.78, 5) is 12.4. The zero-order valence-electron chi connectivity index (χ0n) is 14.5. The van der Waals surface area contributed by atoms with Gasteiger partial charge in [0.2, 0.25) is 5.91 Å². The van der Waals surface area contributed by atoms with Gasteiger partial charge in [-0.15, -0.1) is 0 Å². The third-order valence-electron chi connectivity index (χ3n) is 3.60. The average Bonchev–Trinajstić information content (AvgIpc) is 2.89. The van der Waals surface area contributed by atoms with Crippen molar-refractivity contribution in [2.75, 3.05) is 12.4 Å². The molecular weight excluding hydrogens is 290 g/mol. The van der Waals surface area contributed by atoms with Crippen LogP contribution in [0.2, 0.25) is 0 Å². The number of H-pyrrole nitrogens is 1. The van der Waals surface area contributed by atoms with E-state index in [2.05, 4.69) is 22.4 Å². The summed E-state index contributed by atoms with van der Waals surface area (Å²) in [5.41, 5.74) is 2.90. The van der Waals surface area contributed by atoms with Crippen molar-refractivity contribution < 1.29 is 9.53 Å². The van der Waals surface area contributed by atoms with Crippen LogP contribution in [0.5, 0.6) is 5.75 Å². The number of benzene rings is 1. The van der Waals surface area contributed by atoms with E-state index in [9.17, 15) is 4.79 Å². The number of nitrogens with zero attached hydrogens (tertiary/aromatic N) is 1. The number of aryl methyl sites for hydroxylation is 1. The first-order valence-electron chi connectivity index (χ1n) is 7.90. The fourth-order valence-corrected chi connectivity index (χ4v) is 2.22. The molecule has 0 atom stereocenters. The van der Waals surface area contributed by atoms with Crippen molar-refractivity contribution in [2.24, 2.45) is 5.41 Å². The van der Waals surface area contributed by atoms with E-state index in [4.69, 9.17) is 4.74 Å². The summed E-state index contributed by atoms with van der Waals surface area (Å²) in [6.07, 6.45) is 1.80. The second-order valence-electron chi connectivity index (χ2n) is 6.61. The van der Waals surface area contributed by atoms with Crippen LogP contribution in [0.1, 0.15) is 39.8 Å². The molecule has 0 radical (unpaired) electrons. The Labute approximate surface area is 137 Å². The van der Waals surface area contributed by atoms with Gasteiger partial charge in [-0.05, 0) is 18.6 Å². The third-order valence-corrected chi connectivity index (χ3v) is 3.60. The number of ether oxygens (including phenoxy) is 1. The quantitative estimate of drug-likeness (QED) is 0.875. The van der Waals surface area contributed by atoms with Gasteiger partial charge in [-0.3, -0.25) is 9.89 Å². The Hall–Kier alpha value is -2.30. The van der Waals surface area contributed by atoms with E-state index in [1.807, 2.05) is 45.0 Å². The van der Waals surface area contributed by atoms with Gasteiger partial charge in [-0.2, -0.15) is 5.10 Å². The highest BCUT2D eigenvalue weighted by atomic mass is 16.5. The van der Waals surface area contributed by atoms with Gasteiger partial charge in [0, 0.05) is 11.0 Å². The Kier molecular flexibility index (Phi) is 5.08. The van der Waals surface area contributed by atoms with Crippen molar-refractivity contribution >= 4 is 11.6 Å². The summed E-state index contributed by atoms with van der Waals surface area (Å²) in [7, 11) is 1.63. The number of carbonyl (C=O) groups excluding carboxylic acids is 1. The molecule has 0 aliphatic carbocycles. The average molecular weight is 315 g/mol. The van der Waals surface area contributed by atoms with Crippen molar-refractivity contribution in [3.8, 4) is 17.0 Å². The fourth-order valence-electron chi connectivity index (χ4n) is 2.22. The third kappa shape index (κ3) is 3.92. The van der Waals surface area contributed by atoms with E-state index in [1.165, 1.54) is 0 Å². The lowest BCUT2D eigenvalue weighted by atomic mass is 9.95. The number of aromatic amines is 1. The number of anilines is 1. The number of methoxy groups -OCH3 is 1. The Morgan fingerprint density at radius 2 is 2.09 bits per heavy atom. The first kappa shape index (κ1) is 17.1. The lowest BCUT2D eigenvalue weighted by Gasteiger charge is -2.18. The number of aromatic nitrogens is 2. The Balaban J connectivity index is 2.45. The summed E-state index contributed by atoms with van der Waals surface area (Å²) >= 11 is 0. The topological polar surface area (TPSA) is 67.0 Å². The van der Waals surface area contributed by atoms with Crippen LogP contribution in [0.4, 0.5) is 5.69 Å². The van der Waals surface area contributed by atoms with Crippen LogP contribution in [0.25, 0.3) is 11.3 Å². The highest BCUT2D eigenvalue weighted by Gasteiger charge is 2.25. The maximum Gasteiger partial charge on any atom is 0.229 e. The lowest BCUT2D eigenvalue weighted by Crippen LogP contribution is -2.28. The lowest BCUT2D eigenvalue weighted by molar-refractivity contribution is -0.123. The monoisotopic (exact) mass is 315 g/mol. The smallest absolute Gasteiger partial charge is 0.229 e. The molecular formula is C18H25N3O2. The highest BCUT2D eigenvalue weighted by molar-refractivity contribution is 5.98. The second kappa shape index (κ2) is 6.86. The number of rotatable bonds is 5. The first-order valence-corrected chi connectivity index (χ1v) is 7.90. The number of hydrogen-bond donors (Lipinski definition) is 2. The summed E-state index contributed by atoms with van der Waals surface area (Å²) in [5, 5.41) is 10.5. The molecule has 2 aromatic rings. The van der Waals surface area contributed by atoms with E-state index in [1.54, 1.807) is 7.11 Å². The molecule has 0 aliphatic heterocycles. The van der Waals surface area contributed by atoms with Crippen LogP contribution < -0.4 is 10.1 Å². The van der Waals surface area contributed by atoms with Crippen molar-refractivity contribution in [1.29, 1.82) is 0 Å². The van der Waals surface area contributed by atoms with Gasteiger partial charge in [-0.1, -0.05) is 46.2 Å². The fraction of sp³-hybridized carbons (Fsp3) is 0.444. The molecule has 5 heteroatoms. The molecule has 0 bridgehead atoms. The maximum atomic E-state index is 12.4. The van der Waals surface area contributed by atoms with Gasteiger partial charge in [0.05, 0.1) is 18.5 Å². The highest BCUT2D eigenvalue weighted by Crippen LogP contribution is 2.32. The van der Waals surface area contributed by atoms with Gasteiger partial charge in [-0.25, -0.2) is 0 Å². The molecule has 1 aromatic heterocycles. The van der Waals surface area contributed by atoms with Crippen molar-refractivity contribution in [3.63, 3.8) is 0 Å². The SMILES string of the molecule is CCCc1[nH]nc(-c2cccc(OC)c2)c1NC(=O)C(C)(C)C. The molecule has 2 N–H and O–H groups in total. The largest absolute Gasteiger partial charge is 0.497 e.